The average molecular weight is 325 g/mol. The van der Waals surface area contributed by atoms with Gasteiger partial charge in [-0.3, -0.25) is 0 Å². The maximum Gasteiger partial charge on any atom is 0.248 e. The van der Waals surface area contributed by atoms with E-state index in [9.17, 15) is 8.42 Å². The number of H-pyrrole nitrogens is 1. The number of likely N-dealkylation sites (N-methyl/N-ethyl adjacent to an activating group) is 1. The van der Waals surface area contributed by atoms with E-state index in [0.29, 0.717) is 24.7 Å². The Morgan fingerprint density at radius 1 is 1.27 bits per heavy atom. The molecule has 0 unspecified atom stereocenters. The molecule has 1 aromatic carbocycles. The zero-order valence-corrected chi connectivity index (χ0v) is 13.2. The summed E-state index contributed by atoms with van der Waals surface area (Å²) in [5.41, 5.74) is 6.08. The zero-order chi connectivity index (χ0) is 16.2. The first-order valence-electron chi connectivity index (χ1n) is 6.56. The summed E-state index contributed by atoms with van der Waals surface area (Å²) < 4.78 is 26.7. The predicted molar refractivity (Wildman–Crippen MR) is 84.3 cm³/mol. The molecule has 1 heterocycles. The molecule has 0 spiro atoms. The summed E-state index contributed by atoms with van der Waals surface area (Å²) in [5, 5.41) is 9.24. The van der Waals surface area contributed by atoms with Crippen LogP contribution in [0.15, 0.2) is 29.2 Å². The number of nitrogens with one attached hydrogen (secondary N) is 3. The van der Waals surface area contributed by atoms with E-state index in [2.05, 4.69) is 25.2 Å². The van der Waals surface area contributed by atoms with E-state index in [-0.39, 0.29) is 10.8 Å². The van der Waals surface area contributed by atoms with Crippen LogP contribution >= 0.6 is 0 Å². The molecule has 0 atom stereocenters. The lowest BCUT2D eigenvalue weighted by atomic mass is 10.3. The standard InChI is InChI=1S/C12H19N7O2S/c1-19(2)8-7-14-22(20,21)10-5-3-9(4-6-10)15-12-16-11(13)17-18-12/h3-6,14H,7-8H2,1-2H3,(H4,13,15,16,17,18). The molecule has 0 bridgehead atoms. The molecule has 0 saturated heterocycles. The van der Waals surface area contributed by atoms with E-state index in [1.54, 1.807) is 12.1 Å². The maximum absolute atomic E-state index is 12.1. The number of rotatable bonds is 7. The van der Waals surface area contributed by atoms with Gasteiger partial charge in [0.2, 0.25) is 21.9 Å². The van der Waals surface area contributed by atoms with E-state index < -0.39 is 10.0 Å². The van der Waals surface area contributed by atoms with Gasteiger partial charge in [0.15, 0.2) is 0 Å². The van der Waals surface area contributed by atoms with Crippen LogP contribution in [0.5, 0.6) is 0 Å². The predicted octanol–water partition coefficient (Wildman–Crippen LogP) is -0.0296. The third-order valence-electron chi connectivity index (χ3n) is 2.77. The lowest BCUT2D eigenvalue weighted by Gasteiger charge is -2.11. The minimum absolute atomic E-state index is 0.200. The number of nitrogens with two attached hydrogens (primary N) is 1. The van der Waals surface area contributed by atoms with Crippen molar-refractivity contribution < 1.29 is 8.42 Å². The van der Waals surface area contributed by atoms with Crippen molar-refractivity contribution in [2.75, 3.05) is 38.2 Å². The molecule has 0 aliphatic heterocycles. The van der Waals surface area contributed by atoms with Gasteiger partial charge < -0.3 is 16.0 Å². The van der Waals surface area contributed by atoms with Crippen molar-refractivity contribution in [3.8, 4) is 0 Å². The number of benzene rings is 1. The Morgan fingerprint density at radius 2 is 1.95 bits per heavy atom. The van der Waals surface area contributed by atoms with Crippen molar-refractivity contribution in [3.05, 3.63) is 24.3 Å². The van der Waals surface area contributed by atoms with Gasteiger partial charge in [0, 0.05) is 18.8 Å². The Hall–Kier alpha value is -2.17. The van der Waals surface area contributed by atoms with Crippen LogP contribution in [0.2, 0.25) is 0 Å². The minimum Gasteiger partial charge on any atom is -0.368 e. The van der Waals surface area contributed by atoms with Crippen LogP contribution < -0.4 is 15.8 Å². The van der Waals surface area contributed by atoms with Crippen LogP contribution in [0, 0.1) is 0 Å². The van der Waals surface area contributed by atoms with Gasteiger partial charge in [0.05, 0.1) is 4.90 Å². The van der Waals surface area contributed by atoms with Crippen LogP contribution in [0.3, 0.4) is 0 Å². The van der Waals surface area contributed by atoms with E-state index in [0.717, 1.165) is 0 Å². The monoisotopic (exact) mass is 325 g/mol. The number of nitrogens with zero attached hydrogens (tertiary/aromatic N) is 3. The van der Waals surface area contributed by atoms with Gasteiger partial charge in [0.1, 0.15) is 0 Å². The van der Waals surface area contributed by atoms with Gasteiger partial charge in [-0.05, 0) is 38.4 Å². The molecule has 0 fully saturated rings. The average Bonchev–Trinajstić information content (AvgIpc) is 2.84. The smallest absolute Gasteiger partial charge is 0.248 e. The minimum atomic E-state index is -3.50. The first-order valence-corrected chi connectivity index (χ1v) is 8.04. The molecule has 0 radical (unpaired) electrons. The fourth-order valence-corrected chi connectivity index (χ4v) is 2.68. The molecule has 0 saturated carbocycles. The molecular formula is C12H19N7O2S. The number of hydrogen-bond donors (Lipinski definition) is 4. The fraction of sp³-hybridized carbons (Fsp3) is 0.333. The third kappa shape index (κ3) is 4.41. The number of aromatic nitrogens is 3. The first kappa shape index (κ1) is 16.2. The normalized spacial score (nSPS) is 11.8. The van der Waals surface area contributed by atoms with Gasteiger partial charge in [0.25, 0.3) is 0 Å². The highest BCUT2D eigenvalue weighted by Crippen LogP contribution is 2.16. The summed E-state index contributed by atoms with van der Waals surface area (Å²) in [6.07, 6.45) is 0. The summed E-state index contributed by atoms with van der Waals surface area (Å²) in [6.45, 7) is 0.983. The van der Waals surface area contributed by atoms with Crippen LogP contribution in [0.25, 0.3) is 0 Å². The lowest BCUT2D eigenvalue weighted by molar-refractivity contribution is 0.412. The van der Waals surface area contributed by atoms with Crippen LogP contribution in [0.4, 0.5) is 17.6 Å². The van der Waals surface area contributed by atoms with Crippen molar-refractivity contribution in [2.45, 2.75) is 4.90 Å². The van der Waals surface area contributed by atoms with Crippen molar-refractivity contribution in [3.63, 3.8) is 0 Å². The second-order valence-electron chi connectivity index (χ2n) is 4.89. The second-order valence-corrected chi connectivity index (χ2v) is 6.66. The number of anilines is 3. The van der Waals surface area contributed by atoms with Crippen molar-refractivity contribution in [1.82, 2.24) is 24.8 Å². The number of aromatic amines is 1. The highest BCUT2D eigenvalue weighted by molar-refractivity contribution is 7.89. The molecule has 22 heavy (non-hydrogen) atoms. The molecule has 120 valence electrons. The van der Waals surface area contributed by atoms with Gasteiger partial charge in [-0.2, -0.15) is 4.98 Å². The summed E-state index contributed by atoms with van der Waals surface area (Å²) in [5.74, 6) is 0.518. The molecule has 9 nitrogen and oxygen atoms in total. The molecule has 0 aliphatic carbocycles. The number of nitrogen functional groups attached to an aromatic ring is 1. The Labute approximate surface area is 129 Å². The van der Waals surface area contributed by atoms with Crippen molar-refractivity contribution in [2.24, 2.45) is 0 Å². The Bertz CT molecular complexity index is 709. The lowest BCUT2D eigenvalue weighted by Crippen LogP contribution is -2.31. The number of sulfonamides is 1. The summed E-state index contributed by atoms with van der Waals surface area (Å²) in [7, 11) is 0.256. The van der Waals surface area contributed by atoms with Gasteiger partial charge in [-0.15, -0.1) is 5.10 Å². The van der Waals surface area contributed by atoms with Gasteiger partial charge in [-0.1, -0.05) is 0 Å². The maximum atomic E-state index is 12.1. The Morgan fingerprint density at radius 3 is 2.50 bits per heavy atom. The second kappa shape index (κ2) is 6.73. The van der Waals surface area contributed by atoms with E-state index in [1.165, 1.54) is 12.1 Å². The SMILES string of the molecule is CN(C)CCNS(=O)(=O)c1ccc(Nc2n[nH]c(N)n2)cc1. The summed E-state index contributed by atoms with van der Waals surface area (Å²) in [4.78, 5) is 6.00. The van der Waals surface area contributed by atoms with Crippen LogP contribution in [-0.4, -0.2) is 55.7 Å². The molecule has 0 amide bonds. The fourth-order valence-electron chi connectivity index (χ4n) is 1.66. The molecule has 2 rings (SSSR count). The molecule has 1 aromatic heterocycles. The Kier molecular flexibility index (Phi) is 4.96. The molecule has 2 aromatic rings. The van der Waals surface area contributed by atoms with E-state index in [4.69, 9.17) is 5.73 Å². The Balaban J connectivity index is 2.01. The molecule has 10 heteroatoms. The van der Waals surface area contributed by atoms with Crippen LogP contribution in [-0.2, 0) is 10.0 Å². The highest BCUT2D eigenvalue weighted by Gasteiger charge is 2.13. The van der Waals surface area contributed by atoms with Gasteiger partial charge in [-0.25, -0.2) is 18.2 Å². The summed E-state index contributed by atoms with van der Waals surface area (Å²) in [6, 6.07) is 6.28. The topological polar surface area (TPSA) is 129 Å². The van der Waals surface area contributed by atoms with E-state index in [1.807, 2.05) is 19.0 Å². The largest absolute Gasteiger partial charge is 0.368 e. The third-order valence-corrected chi connectivity index (χ3v) is 4.25. The quantitative estimate of drug-likeness (QED) is 0.562. The zero-order valence-electron chi connectivity index (χ0n) is 12.4. The molecule has 5 N–H and O–H groups in total. The van der Waals surface area contributed by atoms with Crippen molar-refractivity contribution in [1.29, 1.82) is 0 Å². The molecular weight excluding hydrogens is 306 g/mol. The van der Waals surface area contributed by atoms with Crippen LogP contribution in [0.1, 0.15) is 0 Å². The van der Waals surface area contributed by atoms with Crippen molar-refractivity contribution >= 4 is 27.6 Å². The van der Waals surface area contributed by atoms with Gasteiger partial charge >= 0.3 is 0 Å². The highest BCUT2D eigenvalue weighted by atomic mass is 32.2. The molecule has 0 aliphatic rings. The number of hydrogen-bond acceptors (Lipinski definition) is 7. The summed E-state index contributed by atoms with van der Waals surface area (Å²) >= 11 is 0. The first-order chi connectivity index (χ1) is 10.4. The van der Waals surface area contributed by atoms with E-state index >= 15 is 0 Å².